The highest BCUT2D eigenvalue weighted by atomic mass is 16.3. The second kappa shape index (κ2) is 1.25. The van der Waals surface area contributed by atoms with Gasteiger partial charge in [0.05, 0.1) is 6.61 Å². The number of hydrogen-bond donors (Lipinski definition) is 2. The summed E-state index contributed by atoms with van der Waals surface area (Å²) in [7, 11) is 0. The van der Waals surface area contributed by atoms with Gasteiger partial charge in [-0.05, 0) is 12.8 Å². The Morgan fingerprint density at radius 3 is 2.50 bits per heavy atom. The lowest BCUT2D eigenvalue weighted by atomic mass is 9.89. The van der Waals surface area contributed by atoms with Crippen molar-refractivity contribution in [1.29, 1.82) is 0 Å². The summed E-state index contributed by atoms with van der Waals surface area (Å²) in [5, 5.41) is 11.9. The van der Waals surface area contributed by atoms with Crippen molar-refractivity contribution in [1.82, 2.24) is 5.32 Å². The van der Waals surface area contributed by atoms with E-state index in [-0.39, 0.29) is 0 Å². The highest BCUT2D eigenvalue weighted by Gasteiger charge is 2.55. The van der Waals surface area contributed by atoms with Crippen LogP contribution in [-0.2, 0) is 0 Å². The average Bonchev–Trinajstić information content (AvgIpc) is 2.42. The van der Waals surface area contributed by atoms with Crippen LogP contribution in [0.25, 0.3) is 0 Å². The molecule has 1 aliphatic carbocycles. The topological polar surface area (TPSA) is 32.3 Å². The van der Waals surface area contributed by atoms with Crippen LogP contribution in [0, 0.1) is 5.41 Å². The average molecular weight is 113 g/mol. The summed E-state index contributed by atoms with van der Waals surface area (Å²) in [6.07, 6.45) is 2.68. The van der Waals surface area contributed by atoms with Crippen molar-refractivity contribution in [2.45, 2.75) is 18.9 Å². The second-order valence-electron chi connectivity index (χ2n) is 2.98. The van der Waals surface area contributed by atoms with E-state index in [1.165, 1.54) is 12.8 Å². The van der Waals surface area contributed by atoms with E-state index < -0.39 is 0 Å². The molecule has 0 bridgehead atoms. The Morgan fingerprint density at radius 2 is 2.38 bits per heavy atom. The van der Waals surface area contributed by atoms with E-state index in [4.69, 9.17) is 5.11 Å². The molecule has 1 saturated carbocycles. The standard InChI is InChI=1S/C6H11NO/c8-3-5-6(1-2-6)4-7-5/h5,7-8H,1-4H2/t5-/m1/s1. The molecule has 1 aliphatic heterocycles. The Bertz CT molecular complexity index is 107. The van der Waals surface area contributed by atoms with Gasteiger partial charge < -0.3 is 10.4 Å². The summed E-state index contributed by atoms with van der Waals surface area (Å²) >= 11 is 0. The maximum Gasteiger partial charge on any atom is 0.0590 e. The highest BCUT2D eigenvalue weighted by Crippen LogP contribution is 2.52. The van der Waals surface area contributed by atoms with Gasteiger partial charge in [-0.2, -0.15) is 0 Å². The van der Waals surface area contributed by atoms with Gasteiger partial charge in [0.25, 0.3) is 0 Å². The molecule has 2 nitrogen and oxygen atoms in total. The van der Waals surface area contributed by atoms with Gasteiger partial charge in [0.2, 0.25) is 0 Å². The molecule has 0 aromatic heterocycles. The molecule has 0 unspecified atom stereocenters. The monoisotopic (exact) mass is 113 g/mol. The first-order valence-corrected chi connectivity index (χ1v) is 3.22. The SMILES string of the molecule is OC[C@H]1NCC12CC2. The highest BCUT2D eigenvalue weighted by molar-refractivity contribution is 5.10. The summed E-state index contributed by atoms with van der Waals surface area (Å²) in [5.41, 5.74) is 0.578. The summed E-state index contributed by atoms with van der Waals surface area (Å²) in [4.78, 5) is 0. The predicted octanol–water partition coefficient (Wildman–Crippen LogP) is -0.269. The zero-order valence-corrected chi connectivity index (χ0v) is 4.85. The van der Waals surface area contributed by atoms with E-state index in [2.05, 4.69) is 5.32 Å². The van der Waals surface area contributed by atoms with Gasteiger partial charge in [-0.1, -0.05) is 0 Å². The van der Waals surface area contributed by atoms with Crippen molar-refractivity contribution in [2.24, 2.45) is 5.41 Å². The minimum absolute atomic E-state index is 0.333. The van der Waals surface area contributed by atoms with Crippen molar-refractivity contribution in [2.75, 3.05) is 13.2 Å². The van der Waals surface area contributed by atoms with E-state index in [9.17, 15) is 0 Å². The zero-order chi connectivity index (χ0) is 5.61. The molecule has 0 radical (unpaired) electrons. The third-order valence-electron chi connectivity index (χ3n) is 2.51. The first-order chi connectivity index (χ1) is 3.87. The molecule has 0 aromatic carbocycles. The van der Waals surface area contributed by atoms with Gasteiger partial charge in [-0.15, -0.1) is 0 Å². The minimum atomic E-state index is 0.333. The van der Waals surface area contributed by atoms with Gasteiger partial charge in [0.1, 0.15) is 0 Å². The largest absolute Gasteiger partial charge is 0.395 e. The molecule has 2 rings (SSSR count). The fourth-order valence-corrected chi connectivity index (χ4v) is 1.48. The van der Waals surface area contributed by atoms with E-state index in [0.717, 1.165) is 6.54 Å². The molecule has 0 aromatic rings. The van der Waals surface area contributed by atoms with E-state index in [1.807, 2.05) is 0 Å². The third-order valence-corrected chi connectivity index (χ3v) is 2.51. The molecular formula is C6H11NO. The van der Waals surface area contributed by atoms with Crippen LogP contribution < -0.4 is 5.32 Å². The van der Waals surface area contributed by atoms with Crippen LogP contribution in [0.4, 0.5) is 0 Å². The molecule has 1 atom stereocenters. The van der Waals surface area contributed by atoms with Crippen molar-refractivity contribution < 1.29 is 5.11 Å². The quantitative estimate of drug-likeness (QED) is 0.490. The third kappa shape index (κ3) is 0.400. The van der Waals surface area contributed by atoms with Crippen molar-refractivity contribution in [3.63, 3.8) is 0 Å². The number of aliphatic hydroxyl groups is 1. The summed E-state index contributed by atoms with van der Waals surface area (Å²) in [6.45, 7) is 1.48. The van der Waals surface area contributed by atoms with Crippen molar-refractivity contribution >= 4 is 0 Å². The first-order valence-electron chi connectivity index (χ1n) is 3.22. The fourth-order valence-electron chi connectivity index (χ4n) is 1.48. The van der Waals surface area contributed by atoms with Crippen LogP contribution in [0.15, 0.2) is 0 Å². The molecule has 1 heterocycles. The predicted molar refractivity (Wildman–Crippen MR) is 30.5 cm³/mol. The maximum absolute atomic E-state index is 8.70. The number of nitrogens with one attached hydrogen (secondary N) is 1. The summed E-state index contributed by atoms with van der Waals surface area (Å²) in [6, 6.07) is 0.447. The van der Waals surface area contributed by atoms with Crippen LogP contribution in [0.3, 0.4) is 0 Å². The molecule has 1 spiro atoms. The van der Waals surface area contributed by atoms with E-state index >= 15 is 0 Å². The summed E-state index contributed by atoms with van der Waals surface area (Å²) < 4.78 is 0. The molecular weight excluding hydrogens is 102 g/mol. The van der Waals surface area contributed by atoms with E-state index in [1.54, 1.807) is 0 Å². The molecule has 8 heavy (non-hydrogen) atoms. The maximum atomic E-state index is 8.70. The van der Waals surface area contributed by atoms with Gasteiger partial charge in [-0.25, -0.2) is 0 Å². The fraction of sp³-hybridized carbons (Fsp3) is 1.00. The normalized spacial score (nSPS) is 39.4. The van der Waals surface area contributed by atoms with Gasteiger partial charge in [0, 0.05) is 18.0 Å². The minimum Gasteiger partial charge on any atom is -0.395 e. The molecule has 2 fully saturated rings. The van der Waals surface area contributed by atoms with Gasteiger partial charge in [0.15, 0.2) is 0 Å². The van der Waals surface area contributed by atoms with Crippen LogP contribution >= 0.6 is 0 Å². The lowest BCUT2D eigenvalue weighted by Gasteiger charge is -2.37. The Morgan fingerprint density at radius 1 is 1.62 bits per heavy atom. The van der Waals surface area contributed by atoms with Crippen LogP contribution in [0.2, 0.25) is 0 Å². The number of rotatable bonds is 1. The molecule has 2 aliphatic rings. The summed E-state index contributed by atoms with van der Waals surface area (Å²) in [5.74, 6) is 0. The molecule has 0 amide bonds. The van der Waals surface area contributed by atoms with Crippen molar-refractivity contribution in [3.8, 4) is 0 Å². The van der Waals surface area contributed by atoms with Crippen molar-refractivity contribution in [3.05, 3.63) is 0 Å². The molecule has 2 N–H and O–H groups in total. The molecule has 46 valence electrons. The molecule has 1 saturated heterocycles. The number of aliphatic hydroxyl groups excluding tert-OH is 1. The Labute approximate surface area is 48.9 Å². The lowest BCUT2D eigenvalue weighted by Crippen LogP contribution is -2.56. The van der Waals surface area contributed by atoms with Crippen LogP contribution in [-0.4, -0.2) is 24.3 Å². The Balaban J connectivity index is 1.98. The molecule has 2 heteroatoms. The second-order valence-corrected chi connectivity index (χ2v) is 2.98. The lowest BCUT2D eigenvalue weighted by molar-refractivity contribution is 0.119. The van der Waals surface area contributed by atoms with E-state index in [0.29, 0.717) is 18.1 Å². The van der Waals surface area contributed by atoms with Gasteiger partial charge >= 0.3 is 0 Å². The smallest absolute Gasteiger partial charge is 0.0590 e. The zero-order valence-electron chi connectivity index (χ0n) is 4.85. The van der Waals surface area contributed by atoms with Crippen LogP contribution in [0.1, 0.15) is 12.8 Å². The van der Waals surface area contributed by atoms with Gasteiger partial charge in [-0.3, -0.25) is 0 Å². The first kappa shape index (κ1) is 4.77. The van der Waals surface area contributed by atoms with Crippen LogP contribution in [0.5, 0.6) is 0 Å². The Kier molecular flexibility index (Phi) is 0.746. The number of hydrogen-bond acceptors (Lipinski definition) is 2. The Hall–Kier alpha value is -0.0800.